The zero-order valence-corrected chi connectivity index (χ0v) is 13.0. The lowest BCUT2D eigenvalue weighted by Gasteiger charge is -2.03. The number of nitrogens with one attached hydrogen (secondary N) is 2. The van der Waals surface area contributed by atoms with Crippen LogP contribution in [0.3, 0.4) is 0 Å². The molecule has 0 aliphatic heterocycles. The highest BCUT2D eigenvalue weighted by atomic mass is 16.3. The summed E-state index contributed by atoms with van der Waals surface area (Å²) in [6, 6.07) is 18.0. The molecule has 0 radical (unpaired) electrons. The zero-order valence-electron chi connectivity index (χ0n) is 13.0. The Hall–Kier alpha value is -3.67. The van der Waals surface area contributed by atoms with Gasteiger partial charge in [-0.05, 0) is 45.8 Å². The minimum absolute atomic E-state index is 0.0989. The average molecular weight is 331 g/mol. The molecule has 0 saturated heterocycles. The van der Waals surface area contributed by atoms with E-state index in [1.807, 2.05) is 41.4 Å². The van der Waals surface area contributed by atoms with Gasteiger partial charge in [-0.15, -0.1) is 0 Å². The van der Waals surface area contributed by atoms with Crippen LogP contribution in [0.25, 0.3) is 21.5 Å². The van der Waals surface area contributed by atoms with E-state index in [1.54, 1.807) is 0 Å². The fraction of sp³-hybridized carbons (Fsp3) is 0. The van der Waals surface area contributed by atoms with Crippen molar-refractivity contribution < 1.29 is 5.11 Å². The van der Waals surface area contributed by atoms with Gasteiger partial charge in [0.1, 0.15) is 5.56 Å². The van der Waals surface area contributed by atoms with Crippen molar-refractivity contribution in [2.75, 3.05) is 0 Å². The predicted molar refractivity (Wildman–Crippen MR) is 98.1 cm³/mol. The first kappa shape index (κ1) is 14.9. The number of hydrogen-bond acceptors (Lipinski definition) is 4. The second-order valence-electron chi connectivity index (χ2n) is 5.66. The van der Waals surface area contributed by atoms with Gasteiger partial charge in [0.05, 0.1) is 5.69 Å². The lowest BCUT2D eigenvalue weighted by Crippen LogP contribution is -2.24. The molecule has 25 heavy (non-hydrogen) atoms. The van der Waals surface area contributed by atoms with E-state index in [2.05, 4.69) is 28.2 Å². The normalized spacial score (nSPS) is 11.5. The van der Waals surface area contributed by atoms with Crippen molar-refractivity contribution in [2.24, 2.45) is 4.99 Å². The van der Waals surface area contributed by atoms with Crippen LogP contribution in [0.15, 0.2) is 69.2 Å². The van der Waals surface area contributed by atoms with Crippen molar-refractivity contribution in [3.05, 3.63) is 81.0 Å². The van der Waals surface area contributed by atoms with Crippen LogP contribution < -0.4 is 11.2 Å². The molecule has 4 aromatic rings. The molecule has 4 rings (SSSR count). The van der Waals surface area contributed by atoms with Crippen LogP contribution in [0, 0.1) is 0 Å². The molecule has 0 saturated carbocycles. The third kappa shape index (κ3) is 2.81. The molecule has 0 fully saturated rings. The summed E-state index contributed by atoms with van der Waals surface area (Å²) in [5.74, 6) is -0.510. The summed E-state index contributed by atoms with van der Waals surface area (Å²) >= 11 is 0. The van der Waals surface area contributed by atoms with Crippen LogP contribution in [-0.4, -0.2) is 21.3 Å². The van der Waals surface area contributed by atoms with E-state index in [0.717, 1.165) is 21.5 Å². The van der Waals surface area contributed by atoms with Crippen LogP contribution in [0.2, 0.25) is 0 Å². The van der Waals surface area contributed by atoms with Crippen LogP contribution in [0.1, 0.15) is 5.56 Å². The summed E-state index contributed by atoms with van der Waals surface area (Å²) in [4.78, 5) is 31.2. The molecule has 1 heterocycles. The summed E-state index contributed by atoms with van der Waals surface area (Å²) in [6.45, 7) is 0. The predicted octanol–water partition coefficient (Wildman–Crippen LogP) is 2.83. The average Bonchev–Trinajstić information content (AvgIpc) is 2.59. The molecule has 0 spiro atoms. The van der Waals surface area contributed by atoms with Crippen molar-refractivity contribution in [1.82, 2.24) is 9.97 Å². The first-order valence-corrected chi connectivity index (χ1v) is 7.62. The van der Waals surface area contributed by atoms with Gasteiger partial charge in [0, 0.05) is 6.21 Å². The van der Waals surface area contributed by atoms with Crippen LogP contribution in [0.5, 0.6) is 5.88 Å². The van der Waals surface area contributed by atoms with Crippen molar-refractivity contribution >= 4 is 33.4 Å². The molecule has 122 valence electrons. The fourth-order valence-electron chi connectivity index (χ4n) is 2.75. The van der Waals surface area contributed by atoms with Crippen molar-refractivity contribution in [3.63, 3.8) is 0 Å². The maximum Gasteiger partial charge on any atom is 0.328 e. The quantitative estimate of drug-likeness (QED) is 0.389. The zero-order chi connectivity index (χ0) is 17.4. The Balaban J connectivity index is 1.78. The van der Waals surface area contributed by atoms with Gasteiger partial charge in [-0.3, -0.25) is 19.8 Å². The number of rotatable bonds is 2. The molecule has 0 bridgehead atoms. The molecule has 0 aliphatic rings. The molecule has 0 aliphatic carbocycles. The highest BCUT2D eigenvalue weighted by Gasteiger charge is 2.05. The number of hydrogen-bond donors (Lipinski definition) is 3. The number of aromatic amines is 2. The maximum atomic E-state index is 11.7. The van der Waals surface area contributed by atoms with Crippen LogP contribution in [0.4, 0.5) is 5.69 Å². The van der Waals surface area contributed by atoms with E-state index < -0.39 is 17.1 Å². The number of aliphatic imine (C=N–C) groups is 1. The first-order chi connectivity index (χ1) is 12.1. The topological polar surface area (TPSA) is 98.3 Å². The molecule has 3 aromatic carbocycles. The van der Waals surface area contributed by atoms with Crippen molar-refractivity contribution in [1.29, 1.82) is 0 Å². The lowest BCUT2D eigenvalue weighted by molar-refractivity contribution is 0.447. The number of aromatic nitrogens is 2. The van der Waals surface area contributed by atoms with Gasteiger partial charge >= 0.3 is 5.69 Å². The van der Waals surface area contributed by atoms with Crippen molar-refractivity contribution in [2.45, 2.75) is 0 Å². The summed E-state index contributed by atoms with van der Waals surface area (Å²) in [5.41, 5.74) is -0.931. The number of nitrogens with zero attached hydrogens (tertiary/aromatic N) is 1. The minimum Gasteiger partial charge on any atom is -0.494 e. The smallest absolute Gasteiger partial charge is 0.328 e. The lowest BCUT2D eigenvalue weighted by atomic mass is 10.0. The molecule has 0 atom stereocenters. The van der Waals surface area contributed by atoms with E-state index in [0.29, 0.717) is 5.69 Å². The molecule has 6 heteroatoms. The molecule has 0 amide bonds. The highest BCUT2D eigenvalue weighted by Crippen LogP contribution is 2.26. The number of aromatic hydroxyl groups is 1. The number of fused-ring (bicyclic) bond motifs is 2. The monoisotopic (exact) mass is 331 g/mol. The highest BCUT2D eigenvalue weighted by molar-refractivity contribution is 5.99. The summed E-state index contributed by atoms with van der Waals surface area (Å²) in [6.07, 6.45) is 1.23. The SMILES string of the molecule is O=c1[nH]c(O)c(C=Nc2ccc3cc4ccccc4cc3c2)c(=O)[nH]1. The third-order valence-electron chi connectivity index (χ3n) is 3.99. The summed E-state index contributed by atoms with van der Waals surface area (Å²) in [7, 11) is 0. The second-order valence-corrected chi connectivity index (χ2v) is 5.66. The van der Waals surface area contributed by atoms with Gasteiger partial charge in [-0.1, -0.05) is 30.3 Å². The Kier molecular flexibility index (Phi) is 3.43. The number of H-pyrrole nitrogens is 2. The Morgan fingerprint density at radius 2 is 1.52 bits per heavy atom. The standard InChI is InChI=1S/C19H13N3O3/c23-17-16(18(24)22-19(25)21-17)10-20-15-6-5-13-7-11-3-1-2-4-12(11)8-14(13)9-15/h1-10H,(H3,21,22,23,24,25). The second kappa shape index (κ2) is 5.76. The van der Waals surface area contributed by atoms with Gasteiger partial charge < -0.3 is 5.11 Å². The Morgan fingerprint density at radius 3 is 2.24 bits per heavy atom. The molecule has 3 N–H and O–H groups in total. The van der Waals surface area contributed by atoms with Crippen LogP contribution >= 0.6 is 0 Å². The molecule has 0 unspecified atom stereocenters. The van der Waals surface area contributed by atoms with Gasteiger partial charge in [0.2, 0.25) is 5.88 Å². The van der Waals surface area contributed by atoms with Crippen LogP contribution in [-0.2, 0) is 0 Å². The van der Waals surface area contributed by atoms with Gasteiger partial charge in [-0.2, -0.15) is 0 Å². The molecular weight excluding hydrogens is 318 g/mol. The van der Waals surface area contributed by atoms with E-state index in [-0.39, 0.29) is 5.56 Å². The molecular formula is C19H13N3O3. The fourth-order valence-corrected chi connectivity index (χ4v) is 2.75. The maximum absolute atomic E-state index is 11.7. The van der Waals surface area contributed by atoms with E-state index in [4.69, 9.17) is 0 Å². The Labute approximate surface area is 141 Å². The van der Waals surface area contributed by atoms with Crippen molar-refractivity contribution in [3.8, 4) is 5.88 Å². The van der Waals surface area contributed by atoms with E-state index in [9.17, 15) is 14.7 Å². The minimum atomic E-state index is -0.766. The first-order valence-electron chi connectivity index (χ1n) is 7.62. The van der Waals surface area contributed by atoms with Gasteiger partial charge in [0.15, 0.2) is 0 Å². The largest absolute Gasteiger partial charge is 0.494 e. The summed E-state index contributed by atoms with van der Waals surface area (Å²) in [5, 5.41) is 14.1. The molecule has 1 aromatic heterocycles. The third-order valence-corrected chi connectivity index (χ3v) is 3.99. The van der Waals surface area contributed by atoms with Gasteiger partial charge in [-0.25, -0.2) is 4.79 Å². The Morgan fingerprint density at radius 1 is 0.840 bits per heavy atom. The molecule has 6 nitrogen and oxygen atoms in total. The number of benzene rings is 3. The Bertz CT molecular complexity index is 1250. The van der Waals surface area contributed by atoms with Gasteiger partial charge in [0.25, 0.3) is 5.56 Å². The van der Waals surface area contributed by atoms with E-state index >= 15 is 0 Å². The summed E-state index contributed by atoms with van der Waals surface area (Å²) < 4.78 is 0. The van der Waals surface area contributed by atoms with E-state index in [1.165, 1.54) is 6.21 Å².